The van der Waals surface area contributed by atoms with Crippen molar-refractivity contribution in [2.45, 2.75) is 44.6 Å². The van der Waals surface area contributed by atoms with Crippen LogP contribution in [0.2, 0.25) is 0 Å². The van der Waals surface area contributed by atoms with E-state index in [9.17, 15) is 5.11 Å². The summed E-state index contributed by atoms with van der Waals surface area (Å²) < 4.78 is 0. The van der Waals surface area contributed by atoms with Gasteiger partial charge in [0.1, 0.15) is 0 Å². The minimum atomic E-state index is -0.547. The molecule has 1 aromatic carbocycles. The Kier molecular flexibility index (Phi) is 3.57. The second-order valence-corrected chi connectivity index (χ2v) is 5.17. The third kappa shape index (κ3) is 2.91. The van der Waals surface area contributed by atoms with Gasteiger partial charge in [0, 0.05) is 6.54 Å². The molecule has 0 aromatic heterocycles. The molecule has 17 heavy (non-hydrogen) atoms. The smallest absolute Gasteiger partial charge is 0.0819 e. The van der Waals surface area contributed by atoms with Crippen molar-refractivity contribution in [3.63, 3.8) is 0 Å². The Balaban J connectivity index is 1.99. The third-order valence-electron chi connectivity index (χ3n) is 3.72. The maximum Gasteiger partial charge on any atom is 0.0819 e. The largest absolute Gasteiger partial charge is 0.397 e. The Morgan fingerprint density at radius 1 is 1.29 bits per heavy atom. The zero-order valence-electron chi connectivity index (χ0n) is 10.5. The molecule has 0 bridgehead atoms. The molecule has 94 valence electrons. The number of rotatable bonds is 3. The lowest BCUT2D eigenvalue weighted by molar-refractivity contribution is 0.0167. The van der Waals surface area contributed by atoms with Gasteiger partial charge in [-0.1, -0.05) is 31.4 Å². The maximum absolute atomic E-state index is 10.4. The molecule has 1 aliphatic carbocycles. The van der Waals surface area contributed by atoms with Crippen LogP contribution < -0.4 is 11.1 Å². The molecule has 3 heteroatoms. The molecule has 0 unspecified atom stereocenters. The summed E-state index contributed by atoms with van der Waals surface area (Å²) in [5, 5.41) is 13.7. The molecule has 1 aromatic rings. The number of aliphatic hydroxyl groups is 1. The molecule has 4 N–H and O–H groups in total. The Morgan fingerprint density at radius 2 is 2.00 bits per heavy atom. The maximum atomic E-state index is 10.4. The van der Waals surface area contributed by atoms with Crippen molar-refractivity contribution < 1.29 is 5.11 Å². The van der Waals surface area contributed by atoms with Crippen LogP contribution in [0.5, 0.6) is 0 Å². The Morgan fingerprint density at radius 3 is 2.71 bits per heavy atom. The fraction of sp³-hybridized carbons (Fsp3) is 0.571. The van der Waals surface area contributed by atoms with E-state index in [1.807, 2.05) is 25.1 Å². The number of hydrogen-bond acceptors (Lipinski definition) is 3. The third-order valence-corrected chi connectivity index (χ3v) is 3.72. The summed E-state index contributed by atoms with van der Waals surface area (Å²) in [4.78, 5) is 0. The van der Waals surface area contributed by atoms with Crippen LogP contribution in [-0.4, -0.2) is 17.3 Å². The Labute approximate surface area is 103 Å². The lowest BCUT2D eigenvalue weighted by atomic mass is 9.85. The first-order valence-electron chi connectivity index (χ1n) is 6.42. The minimum absolute atomic E-state index is 0.547. The van der Waals surface area contributed by atoms with E-state index < -0.39 is 5.60 Å². The number of nitrogen functional groups attached to an aromatic ring is 1. The van der Waals surface area contributed by atoms with Gasteiger partial charge in [-0.15, -0.1) is 0 Å². The van der Waals surface area contributed by atoms with Gasteiger partial charge in [-0.25, -0.2) is 0 Å². The second kappa shape index (κ2) is 4.96. The van der Waals surface area contributed by atoms with Crippen LogP contribution >= 0.6 is 0 Å². The number of aryl methyl sites for hydroxylation is 1. The quantitative estimate of drug-likeness (QED) is 0.705. The zero-order chi connectivity index (χ0) is 12.3. The SMILES string of the molecule is Cc1cccc(NCC2(O)CCCCC2)c1N. The highest BCUT2D eigenvalue weighted by Crippen LogP contribution is 2.29. The Bertz CT molecular complexity index is 384. The number of benzene rings is 1. The molecule has 0 amide bonds. The number of nitrogens with one attached hydrogen (secondary N) is 1. The molecule has 1 aliphatic rings. The molecule has 1 saturated carbocycles. The van der Waals surface area contributed by atoms with Gasteiger partial charge >= 0.3 is 0 Å². The van der Waals surface area contributed by atoms with E-state index >= 15 is 0 Å². The summed E-state index contributed by atoms with van der Waals surface area (Å²) in [5.74, 6) is 0. The lowest BCUT2D eigenvalue weighted by Gasteiger charge is -2.32. The average Bonchev–Trinajstić information content (AvgIpc) is 2.32. The molecule has 1 fully saturated rings. The highest BCUT2D eigenvalue weighted by molar-refractivity contribution is 5.69. The van der Waals surface area contributed by atoms with Gasteiger partial charge in [-0.3, -0.25) is 0 Å². The molecular weight excluding hydrogens is 212 g/mol. The van der Waals surface area contributed by atoms with Crippen LogP contribution in [-0.2, 0) is 0 Å². The summed E-state index contributed by atoms with van der Waals surface area (Å²) in [6, 6.07) is 5.95. The number of anilines is 2. The lowest BCUT2D eigenvalue weighted by Crippen LogP contribution is -2.38. The predicted molar refractivity (Wildman–Crippen MR) is 72.1 cm³/mol. The van der Waals surface area contributed by atoms with Crippen molar-refractivity contribution in [2.24, 2.45) is 0 Å². The van der Waals surface area contributed by atoms with Gasteiger partial charge in [-0.05, 0) is 31.4 Å². The van der Waals surface area contributed by atoms with Crippen LogP contribution in [0.25, 0.3) is 0 Å². The predicted octanol–water partition coefficient (Wildman–Crippen LogP) is 2.68. The average molecular weight is 234 g/mol. The van der Waals surface area contributed by atoms with Gasteiger partial charge in [0.25, 0.3) is 0 Å². The topological polar surface area (TPSA) is 58.3 Å². The van der Waals surface area contributed by atoms with Crippen LogP contribution in [0.3, 0.4) is 0 Å². The van der Waals surface area contributed by atoms with Gasteiger partial charge in [0.15, 0.2) is 0 Å². The van der Waals surface area contributed by atoms with Crippen molar-refractivity contribution >= 4 is 11.4 Å². The molecule has 0 aliphatic heterocycles. The highest BCUT2D eigenvalue weighted by Gasteiger charge is 2.28. The molecule has 0 spiro atoms. The molecule has 0 saturated heterocycles. The van der Waals surface area contributed by atoms with Crippen molar-refractivity contribution in [2.75, 3.05) is 17.6 Å². The van der Waals surface area contributed by atoms with E-state index in [1.165, 1.54) is 6.42 Å². The zero-order valence-corrected chi connectivity index (χ0v) is 10.5. The van der Waals surface area contributed by atoms with Crippen LogP contribution in [0.15, 0.2) is 18.2 Å². The van der Waals surface area contributed by atoms with E-state index in [2.05, 4.69) is 5.32 Å². The second-order valence-electron chi connectivity index (χ2n) is 5.17. The summed E-state index contributed by atoms with van der Waals surface area (Å²) in [6.07, 6.45) is 5.29. The summed E-state index contributed by atoms with van der Waals surface area (Å²) in [7, 11) is 0. The normalized spacial score (nSPS) is 18.9. The number of hydrogen-bond donors (Lipinski definition) is 3. The van der Waals surface area contributed by atoms with E-state index in [4.69, 9.17) is 5.73 Å². The summed E-state index contributed by atoms with van der Waals surface area (Å²) >= 11 is 0. The first kappa shape index (κ1) is 12.2. The monoisotopic (exact) mass is 234 g/mol. The van der Waals surface area contributed by atoms with Crippen molar-refractivity contribution in [1.29, 1.82) is 0 Å². The fourth-order valence-electron chi connectivity index (χ4n) is 2.48. The highest BCUT2D eigenvalue weighted by atomic mass is 16.3. The van der Waals surface area contributed by atoms with E-state index in [0.29, 0.717) is 6.54 Å². The molecule has 0 heterocycles. The van der Waals surface area contributed by atoms with Crippen molar-refractivity contribution in [3.05, 3.63) is 23.8 Å². The summed E-state index contributed by atoms with van der Waals surface area (Å²) in [6.45, 7) is 2.59. The number of para-hydroxylation sites is 1. The van der Waals surface area contributed by atoms with Crippen molar-refractivity contribution in [1.82, 2.24) is 0 Å². The first-order valence-corrected chi connectivity index (χ1v) is 6.42. The van der Waals surface area contributed by atoms with E-state index in [1.54, 1.807) is 0 Å². The Hall–Kier alpha value is -1.22. The van der Waals surface area contributed by atoms with Crippen LogP contribution in [0, 0.1) is 6.92 Å². The molecular formula is C14H22N2O. The van der Waals surface area contributed by atoms with Crippen LogP contribution in [0.1, 0.15) is 37.7 Å². The molecule has 3 nitrogen and oxygen atoms in total. The number of nitrogens with two attached hydrogens (primary N) is 1. The molecule has 2 rings (SSSR count). The first-order chi connectivity index (χ1) is 8.11. The fourth-order valence-corrected chi connectivity index (χ4v) is 2.48. The van der Waals surface area contributed by atoms with Gasteiger partial charge in [0.2, 0.25) is 0 Å². The van der Waals surface area contributed by atoms with Crippen molar-refractivity contribution in [3.8, 4) is 0 Å². The van der Waals surface area contributed by atoms with Gasteiger partial charge in [0.05, 0.1) is 17.0 Å². The van der Waals surface area contributed by atoms with Gasteiger partial charge in [-0.2, -0.15) is 0 Å². The molecule has 0 atom stereocenters. The van der Waals surface area contributed by atoms with Crippen LogP contribution in [0.4, 0.5) is 11.4 Å². The minimum Gasteiger partial charge on any atom is -0.397 e. The van der Waals surface area contributed by atoms with E-state index in [-0.39, 0.29) is 0 Å². The summed E-state index contributed by atoms with van der Waals surface area (Å²) in [5.41, 5.74) is 8.24. The standard InChI is InChI=1S/C14H22N2O/c1-11-6-5-7-12(13(11)15)16-10-14(17)8-3-2-4-9-14/h5-7,16-17H,2-4,8-10,15H2,1H3. The van der Waals surface area contributed by atoms with E-state index in [0.717, 1.165) is 42.6 Å². The molecule has 0 radical (unpaired) electrons. The van der Waals surface area contributed by atoms with Gasteiger partial charge < -0.3 is 16.2 Å².